The first-order chi connectivity index (χ1) is 9.65. The second-order valence-corrected chi connectivity index (χ2v) is 5.23. The lowest BCUT2D eigenvalue weighted by molar-refractivity contribution is 0.238. The molecular formula is C15H22BrNO3. The average Bonchev–Trinajstić information content (AvgIpc) is 2.46. The molecule has 0 radical (unpaired) electrons. The molecule has 1 aromatic carbocycles. The Balaban J connectivity index is 2.84. The molecule has 0 bridgehead atoms. The predicted molar refractivity (Wildman–Crippen MR) is 84.4 cm³/mol. The van der Waals surface area contributed by atoms with E-state index >= 15 is 0 Å². The van der Waals surface area contributed by atoms with Gasteiger partial charge in [-0.15, -0.1) is 0 Å². The zero-order valence-electron chi connectivity index (χ0n) is 12.0. The standard InChI is InChI=1S/C15H22BrNO3/c1-4-6-20-15-13(16)7-11(8-14(15)19-3)9-17-12(5-2)10-18/h4,7-8,12,17-18H,1,5-6,9-10H2,2-3H3/t12-/m0/s1. The first-order valence-corrected chi connectivity index (χ1v) is 7.39. The van der Waals surface area contributed by atoms with Crippen molar-refractivity contribution in [2.45, 2.75) is 25.9 Å². The maximum Gasteiger partial charge on any atom is 0.175 e. The van der Waals surface area contributed by atoms with Crippen molar-refractivity contribution in [2.24, 2.45) is 0 Å². The molecule has 1 aromatic rings. The summed E-state index contributed by atoms with van der Waals surface area (Å²) >= 11 is 3.49. The van der Waals surface area contributed by atoms with Gasteiger partial charge in [-0.3, -0.25) is 0 Å². The highest BCUT2D eigenvalue weighted by atomic mass is 79.9. The number of hydrogen-bond acceptors (Lipinski definition) is 4. The number of benzene rings is 1. The lowest BCUT2D eigenvalue weighted by Gasteiger charge is -2.16. The van der Waals surface area contributed by atoms with Gasteiger partial charge in [0.25, 0.3) is 0 Å². The molecule has 20 heavy (non-hydrogen) atoms. The minimum Gasteiger partial charge on any atom is -0.493 e. The molecule has 4 nitrogen and oxygen atoms in total. The van der Waals surface area contributed by atoms with Crippen LogP contribution in [-0.4, -0.2) is 31.5 Å². The summed E-state index contributed by atoms with van der Waals surface area (Å²) in [5.41, 5.74) is 1.06. The van der Waals surface area contributed by atoms with Crippen LogP contribution in [0.1, 0.15) is 18.9 Å². The Labute approximate surface area is 128 Å². The van der Waals surface area contributed by atoms with Crippen LogP contribution in [0, 0.1) is 0 Å². The smallest absolute Gasteiger partial charge is 0.175 e. The van der Waals surface area contributed by atoms with Gasteiger partial charge in [0.1, 0.15) is 6.61 Å². The first-order valence-electron chi connectivity index (χ1n) is 6.60. The molecule has 1 atom stereocenters. The maximum absolute atomic E-state index is 9.17. The fraction of sp³-hybridized carbons (Fsp3) is 0.467. The molecule has 0 saturated heterocycles. The van der Waals surface area contributed by atoms with Crippen molar-refractivity contribution in [3.63, 3.8) is 0 Å². The summed E-state index contributed by atoms with van der Waals surface area (Å²) in [5.74, 6) is 1.35. The Morgan fingerprint density at radius 3 is 2.80 bits per heavy atom. The van der Waals surface area contributed by atoms with E-state index in [1.54, 1.807) is 13.2 Å². The molecule has 0 aromatic heterocycles. The van der Waals surface area contributed by atoms with E-state index in [0.29, 0.717) is 24.7 Å². The summed E-state index contributed by atoms with van der Waals surface area (Å²) in [6.45, 7) is 6.89. The zero-order chi connectivity index (χ0) is 15.0. The molecule has 1 rings (SSSR count). The van der Waals surface area contributed by atoms with Gasteiger partial charge >= 0.3 is 0 Å². The molecule has 0 aliphatic carbocycles. The molecule has 2 N–H and O–H groups in total. The molecule has 0 unspecified atom stereocenters. The first kappa shape index (κ1) is 17.0. The third kappa shape index (κ3) is 4.81. The molecule has 0 aliphatic heterocycles. The van der Waals surface area contributed by atoms with E-state index < -0.39 is 0 Å². The van der Waals surface area contributed by atoms with E-state index in [2.05, 4.69) is 27.8 Å². The number of aliphatic hydroxyl groups is 1. The van der Waals surface area contributed by atoms with Gasteiger partial charge in [-0.05, 0) is 40.0 Å². The highest BCUT2D eigenvalue weighted by Gasteiger charge is 2.12. The molecule has 0 aliphatic rings. The second-order valence-electron chi connectivity index (χ2n) is 4.38. The van der Waals surface area contributed by atoms with Crippen LogP contribution in [0.3, 0.4) is 0 Å². The van der Waals surface area contributed by atoms with E-state index in [9.17, 15) is 5.11 Å². The summed E-state index contributed by atoms with van der Waals surface area (Å²) < 4.78 is 11.8. The molecule has 0 fully saturated rings. The van der Waals surface area contributed by atoms with Gasteiger partial charge in [0.05, 0.1) is 18.2 Å². The quantitative estimate of drug-likeness (QED) is 0.677. The molecule has 0 saturated carbocycles. The van der Waals surface area contributed by atoms with Crippen LogP contribution in [0.4, 0.5) is 0 Å². The summed E-state index contributed by atoms with van der Waals surface area (Å²) in [4.78, 5) is 0. The fourth-order valence-electron chi connectivity index (χ4n) is 1.76. The summed E-state index contributed by atoms with van der Waals surface area (Å²) in [5, 5.41) is 12.5. The van der Waals surface area contributed by atoms with Gasteiger partial charge in [-0.2, -0.15) is 0 Å². The number of hydrogen-bond donors (Lipinski definition) is 2. The summed E-state index contributed by atoms with van der Waals surface area (Å²) in [6.07, 6.45) is 2.57. The summed E-state index contributed by atoms with van der Waals surface area (Å²) in [6, 6.07) is 4.02. The highest BCUT2D eigenvalue weighted by molar-refractivity contribution is 9.10. The Hall–Kier alpha value is -1.04. The van der Waals surface area contributed by atoms with Crippen LogP contribution in [0.25, 0.3) is 0 Å². The van der Waals surface area contributed by atoms with E-state index in [4.69, 9.17) is 9.47 Å². The molecule has 112 valence electrons. The molecular weight excluding hydrogens is 322 g/mol. The highest BCUT2D eigenvalue weighted by Crippen LogP contribution is 2.36. The van der Waals surface area contributed by atoms with Crippen LogP contribution in [0.15, 0.2) is 29.3 Å². The topological polar surface area (TPSA) is 50.7 Å². The number of halogens is 1. The normalized spacial score (nSPS) is 12.0. The fourth-order valence-corrected chi connectivity index (χ4v) is 2.36. The van der Waals surface area contributed by atoms with Crippen molar-refractivity contribution in [3.8, 4) is 11.5 Å². The zero-order valence-corrected chi connectivity index (χ0v) is 13.6. The Kier molecular flexibility index (Phi) is 7.65. The third-order valence-corrected chi connectivity index (χ3v) is 3.53. The van der Waals surface area contributed by atoms with Crippen molar-refractivity contribution in [2.75, 3.05) is 20.3 Å². The van der Waals surface area contributed by atoms with Crippen LogP contribution in [0.5, 0.6) is 11.5 Å². The van der Waals surface area contributed by atoms with E-state index in [-0.39, 0.29) is 12.6 Å². The van der Waals surface area contributed by atoms with E-state index in [0.717, 1.165) is 16.5 Å². The Bertz CT molecular complexity index is 433. The lowest BCUT2D eigenvalue weighted by Crippen LogP contribution is -2.31. The summed E-state index contributed by atoms with van der Waals surface area (Å²) in [7, 11) is 1.61. The molecule has 0 amide bonds. The monoisotopic (exact) mass is 343 g/mol. The van der Waals surface area contributed by atoms with Crippen LogP contribution < -0.4 is 14.8 Å². The molecule has 0 heterocycles. The van der Waals surface area contributed by atoms with Crippen molar-refractivity contribution < 1.29 is 14.6 Å². The van der Waals surface area contributed by atoms with Gasteiger partial charge in [-0.25, -0.2) is 0 Å². The van der Waals surface area contributed by atoms with Crippen LogP contribution in [-0.2, 0) is 6.54 Å². The van der Waals surface area contributed by atoms with Crippen molar-refractivity contribution in [3.05, 3.63) is 34.8 Å². The molecule has 5 heteroatoms. The minimum absolute atomic E-state index is 0.108. The number of nitrogens with one attached hydrogen (secondary N) is 1. The van der Waals surface area contributed by atoms with Crippen molar-refractivity contribution in [1.29, 1.82) is 0 Å². The Morgan fingerprint density at radius 2 is 2.25 bits per heavy atom. The number of ether oxygens (including phenoxy) is 2. The lowest BCUT2D eigenvalue weighted by atomic mass is 10.1. The SMILES string of the molecule is C=CCOc1c(Br)cc(CN[C@@H](CC)CO)cc1OC. The van der Waals surface area contributed by atoms with Crippen molar-refractivity contribution >= 4 is 15.9 Å². The van der Waals surface area contributed by atoms with Gasteiger partial charge in [0.15, 0.2) is 11.5 Å². The molecule has 0 spiro atoms. The largest absolute Gasteiger partial charge is 0.493 e. The van der Waals surface area contributed by atoms with Gasteiger partial charge in [0, 0.05) is 12.6 Å². The maximum atomic E-state index is 9.17. The van der Waals surface area contributed by atoms with Gasteiger partial charge in [0.2, 0.25) is 0 Å². The third-order valence-electron chi connectivity index (χ3n) is 2.94. The number of aliphatic hydroxyl groups excluding tert-OH is 1. The predicted octanol–water partition coefficient (Wildman–Crippen LogP) is 2.88. The van der Waals surface area contributed by atoms with Crippen LogP contribution >= 0.6 is 15.9 Å². The van der Waals surface area contributed by atoms with Crippen LogP contribution in [0.2, 0.25) is 0 Å². The van der Waals surface area contributed by atoms with E-state index in [1.807, 2.05) is 19.1 Å². The second kappa shape index (κ2) is 9.00. The van der Waals surface area contributed by atoms with Gasteiger partial charge in [-0.1, -0.05) is 19.6 Å². The average molecular weight is 344 g/mol. The number of rotatable bonds is 9. The minimum atomic E-state index is 0.108. The van der Waals surface area contributed by atoms with Crippen molar-refractivity contribution in [1.82, 2.24) is 5.32 Å². The van der Waals surface area contributed by atoms with Gasteiger partial charge < -0.3 is 19.9 Å². The Morgan fingerprint density at radius 1 is 1.50 bits per heavy atom. The number of methoxy groups -OCH3 is 1. The van der Waals surface area contributed by atoms with E-state index in [1.165, 1.54) is 0 Å².